The molecule has 3 rings (SSSR count). The van der Waals surface area contributed by atoms with Crippen LogP contribution < -0.4 is 10.2 Å². The number of nitro groups is 1. The predicted molar refractivity (Wildman–Crippen MR) is 99.6 cm³/mol. The number of nitrogens with zero attached hydrogens (tertiary/aromatic N) is 1. The molecule has 0 saturated carbocycles. The number of hydrogen-bond acceptors (Lipinski definition) is 5. The summed E-state index contributed by atoms with van der Waals surface area (Å²) in [7, 11) is -0.427. The van der Waals surface area contributed by atoms with E-state index in [9.17, 15) is 10.1 Å². The highest BCUT2D eigenvalue weighted by molar-refractivity contribution is 6.62. The van der Waals surface area contributed by atoms with Gasteiger partial charge in [-0.15, -0.1) is 0 Å². The summed E-state index contributed by atoms with van der Waals surface area (Å²) < 4.78 is 17.7. The molecule has 2 aromatic rings. The third-order valence-corrected chi connectivity index (χ3v) is 4.99. The molecule has 0 aliphatic carbocycles. The van der Waals surface area contributed by atoms with Crippen molar-refractivity contribution >= 4 is 18.3 Å². The van der Waals surface area contributed by atoms with Crippen LogP contribution in [0.3, 0.4) is 0 Å². The van der Waals surface area contributed by atoms with Gasteiger partial charge in [-0.2, -0.15) is 0 Å². The summed E-state index contributed by atoms with van der Waals surface area (Å²) in [6.07, 6.45) is 0. The quantitative estimate of drug-likeness (QED) is 0.467. The average Bonchev–Trinajstić information content (AvgIpc) is 2.81. The molecule has 0 N–H and O–H groups in total. The van der Waals surface area contributed by atoms with Gasteiger partial charge in [0.15, 0.2) is 0 Å². The lowest BCUT2D eigenvalue weighted by Gasteiger charge is -2.32. The Kier molecular flexibility index (Phi) is 4.77. The molecular weight excluding hydrogens is 333 g/mol. The molecule has 0 atom stereocenters. The Balaban J connectivity index is 1.67. The molecule has 1 fully saturated rings. The van der Waals surface area contributed by atoms with Crippen molar-refractivity contribution < 1.29 is 19.0 Å². The largest absolute Gasteiger partial charge is 0.494 e. The van der Waals surface area contributed by atoms with E-state index in [1.165, 1.54) is 6.07 Å². The van der Waals surface area contributed by atoms with Crippen molar-refractivity contribution in [1.82, 2.24) is 0 Å². The van der Waals surface area contributed by atoms with E-state index in [0.29, 0.717) is 11.3 Å². The smallest absolute Gasteiger partial charge is 0.489 e. The summed E-state index contributed by atoms with van der Waals surface area (Å²) in [5.74, 6) is 0.628. The first-order chi connectivity index (χ1) is 12.2. The van der Waals surface area contributed by atoms with Crippen molar-refractivity contribution in [2.45, 2.75) is 45.5 Å². The maximum Gasteiger partial charge on any atom is 0.494 e. The van der Waals surface area contributed by atoms with Crippen molar-refractivity contribution in [2.75, 3.05) is 0 Å². The third-order valence-electron chi connectivity index (χ3n) is 4.99. The Morgan fingerprint density at radius 3 is 2.15 bits per heavy atom. The highest BCUT2D eigenvalue weighted by Gasteiger charge is 2.51. The minimum absolute atomic E-state index is 0.0568. The lowest BCUT2D eigenvalue weighted by Crippen LogP contribution is -2.41. The molecule has 0 amide bonds. The molecule has 0 spiro atoms. The van der Waals surface area contributed by atoms with E-state index in [0.717, 1.165) is 5.46 Å². The van der Waals surface area contributed by atoms with E-state index in [1.54, 1.807) is 18.2 Å². The molecule has 1 aliphatic rings. The van der Waals surface area contributed by atoms with Crippen LogP contribution in [0.5, 0.6) is 5.75 Å². The second-order valence-electron chi connectivity index (χ2n) is 7.33. The topological polar surface area (TPSA) is 70.8 Å². The fourth-order valence-electron chi connectivity index (χ4n) is 2.67. The van der Waals surface area contributed by atoms with Crippen LogP contribution in [0.2, 0.25) is 0 Å². The Hall–Kier alpha value is -2.38. The highest BCUT2D eigenvalue weighted by atomic mass is 16.7. The molecule has 0 unspecified atom stereocenters. The number of nitro benzene ring substituents is 1. The first-order valence-corrected chi connectivity index (χ1v) is 8.50. The number of hydrogen-bond donors (Lipinski definition) is 0. The van der Waals surface area contributed by atoms with E-state index < -0.39 is 12.0 Å². The van der Waals surface area contributed by atoms with Crippen molar-refractivity contribution in [3.63, 3.8) is 0 Å². The van der Waals surface area contributed by atoms with Gasteiger partial charge < -0.3 is 14.0 Å². The molecule has 1 saturated heterocycles. The van der Waals surface area contributed by atoms with Gasteiger partial charge in [-0.05, 0) is 51.4 Å². The van der Waals surface area contributed by atoms with Gasteiger partial charge in [0.05, 0.1) is 21.7 Å². The van der Waals surface area contributed by atoms with E-state index in [-0.39, 0.29) is 23.5 Å². The van der Waals surface area contributed by atoms with Crippen molar-refractivity contribution in [3.8, 4) is 5.75 Å². The third kappa shape index (κ3) is 3.59. The lowest BCUT2D eigenvalue weighted by atomic mass is 9.79. The van der Waals surface area contributed by atoms with E-state index in [2.05, 4.69) is 0 Å². The van der Waals surface area contributed by atoms with Crippen LogP contribution >= 0.6 is 0 Å². The monoisotopic (exact) mass is 355 g/mol. The molecule has 26 heavy (non-hydrogen) atoms. The number of rotatable bonds is 5. The second kappa shape index (κ2) is 6.74. The van der Waals surface area contributed by atoms with E-state index in [4.69, 9.17) is 14.0 Å². The van der Waals surface area contributed by atoms with Gasteiger partial charge >= 0.3 is 7.12 Å². The van der Waals surface area contributed by atoms with Crippen molar-refractivity contribution in [1.29, 1.82) is 0 Å². The maximum atomic E-state index is 11.1. The minimum Gasteiger partial charge on any atom is -0.489 e. The normalized spacial score (nSPS) is 17.9. The Labute approximate surface area is 153 Å². The Morgan fingerprint density at radius 1 is 1.00 bits per heavy atom. The van der Waals surface area contributed by atoms with Crippen LogP contribution in [0.25, 0.3) is 0 Å². The zero-order valence-corrected chi connectivity index (χ0v) is 15.4. The number of ether oxygens (including phenoxy) is 1. The molecule has 1 heterocycles. The molecule has 7 heteroatoms. The lowest BCUT2D eigenvalue weighted by molar-refractivity contribution is -0.385. The van der Waals surface area contributed by atoms with E-state index >= 15 is 0 Å². The molecule has 136 valence electrons. The molecule has 6 nitrogen and oxygen atoms in total. The molecular formula is C19H22BNO5. The van der Waals surface area contributed by atoms with Crippen LogP contribution in [0.15, 0.2) is 48.5 Å². The second-order valence-corrected chi connectivity index (χ2v) is 7.33. The standard InChI is InChI=1S/C19H22BNO5/c1-18(2)19(3,4)26-20(25-18)15-9-11-16(12-10-15)24-13-14-7-5-6-8-17(14)21(22)23/h5-12H,13H2,1-4H3. The first kappa shape index (κ1) is 18.4. The molecule has 2 aromatic carbocycles. The predicted octanol–water partition coefficient (Wildman–Crippen LogP) is 3.47. The van der Waals surface area contributed by atoms with Crippen LogP contribution in [0.1, 0.15) is 33.3 Å². The molecule has 0 bridgehead atoms. The fourth-order valence-corrected chi connectivity index (χ4v) is 2.67. The van der Waals surface area contributed by atoms with Gasteiger partial charge in [0.1, 0.15) is 12.4 Å². The van der Waals surface area contributed by atoms with Gasteiger partial charge in [-0.25, -0.2) is 0 Å². The van der Waals surface area contributed by atoms with Crippen molar-refractivity contribution in [3.05, 3.63) is 64.2 Å². The summed E-state index contributed by atoms with van der Waals surface area (Å²) in [6.45, 7) is 8.18. The summed E-state index contributed by atoms with van der Waals surface area (Å²) in [5.41, 5.74) is 0.716. The zero-order chi connectivity index (χ0) is 18.9. The fraction of sp³-hybridized carbons (Fsp3) is 0.368. The van der Waals surface area contributed by atoms with Gasteiger partial charge in [0.2, 0.25) is 0 Å². The van der Waals surface area contributed by atoms with Gasteiger partial charge in [-0.3, -0.25) is 10.1 Å². The maximum absolute atomic E-state index is 11.1. The SMILES string of the molecule is CC1(C)OB(c2ccc(OCc3ccccc3[N+](=O)[O-])cc2)OC1(C)C. The summed E-state index contributed by atoms with van der Waals surface area (Å²) in [5, 5.41) is 11.1. The van der Waals surface area contributed by atoms with Crippen LogP contribution in [0, 0.1) is 10.1 Å². The van der Waals surface area contributed by atoms with Crippen molar-refractivity contribution in [2.24, 2.45) is 0 Å². The summed E-state index contributed by atoms with van der Waals surface area (Å²) in [6, 6.07) is 14.0. The number of para-hydroxylation sites is 1. The number of benzene rings is 2. The highest BCUT2D eigenvalue weighted by Crippen LogP contribution is 2.36. The zero-order valence-electron chi connectivity index (χ0n) is 15.4. The van der Waals surface area contributed by atoms with Crippen LogP contribution in [-0.4, -0.2) is 23.2 Å². The molecule has 0 radical (unpaired) electrons. The molecule has 1 aliphatic heterocycles. The van der Waals surface area contributed by atoms with Gasteiger partial charge in [0, 0.05) is 6.07 Å². The minimum atomic E-state index is -0.427. The van der Waals surface area contributed by atoms with Crippen LogP contribution in [0.4, 0.5) is 5.69 Å². The van der Waals surface area contributed by atoms with Gasteiger partial charge in [0.25, 0.3) is 5.69 Å². The average molecular weight is 355 g/mol. The van der Waals surface area contributed by atoms with Crippen LogP contribution in [-0.2, 0) is 15.9 Å². The Morgan fingerprint density at radius 2 is 1.58 bits per heavy atom. The first-order valence-electron chi connectivity index (χ1n) is 8.50. The summed E-state index contributed by atoms with van der Waals surface area (Å²) in [4.78, 5) is 10.6. The van der Waals surface area contributed by atoms with E-state index in [1.807, 2.05) is 52.0 Å². The van der Waals surface area contributed by atoms with Gasteiger partial charge in [-0.1, -0.05) is 24.3 Å². The Bertz CT molecular complexity index is 788. The molecule has 0 aromatic heterocycles. The summed E-state index contributed by atoms with van der Waals surface area (Å²) >= 11 is 0.